The molecule has 2 N–H and O–H groups in total. The molecule has 0 aliphatic carbocycles. The molecule has 0 radical (unpaired) electrons. The van der Waals surface area contributed by atoms with Gasteiger partial charge in [0.05, 0.1) is 0 Å². The normalized spacial score (nSPS) is 10.1. The summed E-state index contributed by atoms with van der Waals surface area (Å²) in [5.74, 6) is 0. The predicted octanol–water partition coefficient (Wildman–Crippen LogP) is 4.43. The van der Waals surface area contributed by atoms with Crippen LogP contribution < -0.4 is 10.6 Å². The molecule has 0 saturated carbocycles. The minimum absolute atomic E-state index is 0.779. The molecule has 3 heteroatoms. The fourth-order valence-electron chi connectivity index (χ4n) is 1.56. The molecule has 0 bridgehead atoms. The van der Waals surface area contributed by atoms with Crippen LogP contribution in [-0.4, -0.2) is 7.05 Å². The van der Waals surface area contributed by atoms with E-state index in [1.165, 1.54) is 0 Å². The molecule has 2 aromatic carbocycles. The standard InChI is InChI=1S/C14H15ClN2/c1-10-3-4-13(9-14(10)15)17-12-7-5-11(16-2)6-8-12/h3-9,16-17H,1-2H3. The molecular weight excluding hydrogens is 232 g/mol. The van der Waals surface area contributed by atoms with Gasteiger partial charge in [-0.1, -0.05) is 17.7 Å². The second-order valence-electron chi connectivity index (χ2n) is 3.92. The third kappa shape index (κ3) is 2.92. The minimum atomic E-state index is 0.779. The Kier molecular flexibility index (Phi) is 3.55. The largest absolute Gasteiger partial charge is 0.388 e. The summed E-state index contributed by atoms with van der Waals surface area (Å²) >= 11 is 6.08. The van der Waals surface area contributed by atoms with Crippen LogP contribution in [0.15, 0.2) is 42.5 Å². The van der Waals surface area contributed by atoms with Crippen molar-refractivity contribution in [2.24, 2.45) is 0 Å². The van der Waals surface area contributed by atoms with Crippen molar-refractivity contribution in [1.29, 1.82) is 0 Å². The van der Waals surface area contributed by atoms with Gasteiger partial charge in [0.1, 0.15) is 0 Å². The number of hydrogen-bond donors (Lipinski definition) is 2. The zero-order valence-corrected chi connectivity index (χ0v) is 10.7. The van der Waals surface area contributed by atoms with Crippen LogP contribution in [0, 0.1) is 6.92 Å². The van der Waals surface area contributed by atoms with Crippen LogP contribution in [0.25, 0.3) is 0 Å². The zero-order chi connectivity index (χ0) is 12.3. The average Bonchev–Trinajstić information content (AvgIpc) is 2.35. The highest BCUT2D eigenvalue weighted by molar-refractivity contribution is 6.31. The molecular formula is C14H15ClN2. The molecule has 0 amide bonds. The Balaban J connectivity index is 2.16. The molecule has 2 aromatic rings. The van der Waals surface area contributed by atoms with Gasteiger partial charge < -0.3 is 10.6 Å². The van der Waals surface area contributed by atoms with Gasteiger partial charge in [-0.25, -0.2) is 0 Å². The fraction of sp³-hybridized carbons (Fsp3) is 0.143. The van der Waals surface area contributed by atoms with Crippen molar-refractivity contribution in [3.05, 3.63) is 53.1 Å². The van der Waals surface area contributed by atoms with E-state index in [4.69, 9.17) is 11.6 Å². The van der Waals surface area contributed by atoms with Gasteiger partial charge in [0.25, 0.3) is 0 Å². The van der Waals surface area contributed by atoms with E-state index in [1.54, 1.807) is 0 Å². The average molecular weight is 247 g/mol. The molecule has 88 valence electrons. The summed E-state index contributed by atoms with van der Waals surface area (Å²) in [6.07, 6.45) is 0. The summed E-state index contributed by atoms with van der Waals surface area (Å²) < 4.78 is 0. The molecule has 0 aliphatic rings. The van der Waals surface area contributed by atoms with E-state index in [1.807, 2.05) is 56.4 Å². The zero-order valence-electron chi connectivity index (χ0n) is 9.92. The van der Waals surface area contributed by atoms with Gasteiger partial charge in [-0.3, -0.25) is 0 Å². The van der Waals surface area contributed by atoms with Crippen molar-refractivity contribution in [3.63, 3.8) is 0 Å². The Bertz CT molecular complexity index is 506. The molecule has 0 aromatic heterocycles. The first kappa shape index (κ1) is 11.8. The number of hydrogen-bond acceptors (Lipinski definition) is 2. The molecule has 17 heavy (non-hydrogen) atoms. The highest BCUT2D eigenvalue weighted by atomic mass is 35.5. The first-order chi connectivity index (χ1) is 8.19. The second-order valence-corrected chi connectivity index (χ2v) is 4.32. The van der Waals surface area contributed by atoms with Crippen LogP contribution in [0.5, 0.6) is 0 Å². The Labute approximate surface area is 107 Å². The van der Waals surface area contributed by atoms with Crippen molar-refractivity contribution in [1.82, 2.24) is 0 Å². The molecule has 0 heterocycles. The Morgan fingerprint density at radius 3 is 2.06 bits per heavy atom. The van der Waals surface area contributed by atoms with E-state index in [9.17, 15) is 0 Å². The van der Waals surface area contributed by atoms with Crippen molar-refractivity contribution in [3.8, 4) is 0 Å². The van der Waals surface area contributed by atoms with E-state index in [2.05, 4.69) is 10.6 Å². The number of aryl methyl sites for hydroxylation is 1. The van der Waals surface area contributed by atoms with E-state index in [0.29, 0.717) is 0 Å². The summed E-state index contributed by atoms with van der Waals surface area (Å²) in [6.45, 7) is 1.99. The number of halogens is 1. The van der Waals surface area contributed by atoms with Crippen LogP contribution in [-0.2, 0) is 0 Å². The molecule has 0 aliphatic heterocycles. The first-order valence-electron chi connectivity index (χ1n) is 5.50. The highest BCUT2D eigenvalue weighted by Crippen LogP contribution is 2.23. The van der Waals surface area contributed by atoms with E-state index in [-0.39, 0.29) is 0 Å². The number of rotatable bonds is 3. The van der Waals surface area contributed by atoms with Gasteiger partial charge in [0, 0.05) is 29.1 Å². The van der Waals surface area contributed by atoms with Crippen molar-refractivity contribution >= 4 is 28.7 Å². The SMILES string of the molecule is CNc1ccc(Nc2ccc(C)c(Cl)c2)cc1. The van der Waals surface area contributed by atoms with Crippen molar-refractivity contribution in [2.45, 2.75) is 6.92 Å². The highest BCUT2D eigenvalue weighted by Gasteiger charge is 1.98. The van der Waals surface area contributed by atoms with Crippen LogP contribution in [0.4, 0.5) is 17.1 Å². The Hall–Kier alpha value is -1.67. The van der Waals surface area contributed by atoms with Gasteiger partial charge in [-0.2, -0.15) is 0 Å². The number of nitrogens with one attached hydrogen (secondary N) is 2. The van der Waals surface area contributed by atoms with E-state index in [0.717, 1.165) is 27.6 Å². The molecule has 0 fully saturated rings. The maximum Gasteiger partial charge on any atom is 0.0455 e. The maximum absolute atomic E-state index is 6.08. The maximum atomic E-state index is 6.08. The summed E-state index contributed by atoms with van der Waals surface area (Å²) in [5, 5.41) is 7.18. The lowest BCUT2D eigenvalue weighted by molar-refractivity contribution is 1.45. The smallest absolute Gasteiger partial charge is 0.0455 e. The van der Waals surface area contributed by atoms with Crippen LogP contribution in [0.2, 0.25) is 5.02 Å². The second kappa shape index (κ2) is 5.11. The quantitative estimate of drug-likeness (QED) is 0.837. The third-order valence-electron chi connectivity index (χ3n) is 2.63. The van der Waals surface area contributed by atoms with E-state index >= 15 is 0 Å². The molecule has 2 rings (SSSR count). The monoisotopic (exact) mass is 246 g/mol. The first-order valence-corrected chi connectivity index (χ1v) is 5.88. The van der Waals surface area contributed by atoms with Crippen molar-refractivity contribution < 1.29 is 0 Å². The van der Waals surface area contributed by atoms with E-state index < -0.39 is 0 Å². The lowest BCUT2D eigenvalue weighted by atomic mass is 10.2. The van der Waals surface area contributed by atoms with Crippen molar-refractivity contribution in [2.75, 3.05) is 17.7 Å². The summed E-state index contributed by atoms with van der Waals surface area (Å²) in [5.41, 5.74) is 4.22. The molecule has 0 saturated heterocycles. The van der Waals surface area contributed by atoms with Gasteiger partial charge in [0.2, 0.25) is 0 Å². The Morgan fingerprint density at radius 2 is 1.47 bits per heavy atom. The number of benzene rings is 2. The van der Waals surface area contributed by atoms with Crippen LogP contribution >= 0.6 is 11.6 Å². The summed E-state index contributed by atoms with van der Waals surface area (Å²) in [6, 6.07) is 14.1. The molecule has 0 spiro atoms. The molecule has 2 nitrogen and oxygen atoms in total. The fourth-order valence-corrected chi connectivity index (χ4v) is 1.74. The van der Waals surface area contributed by atoms with Gasteiger partial charge >= 0.3 is 0 Å². The summed E-state index contributed by atoms with van der Waals surface area (Å²) in [4.78, 5) is 0. The molecule has 0 unspecified atom stereocenters. The minimum Gasteiger partial charge on any atom is -0.388 e. The van der Waals surface area contributed by atoms with Gasteiger partial charge in [-0.15, -0.1) is 0 Å². The summed E-state index contributed by atoms with van der Waals surface area (Å²) in [7, 11) is 1.90. The van der Waals surface area contributed by atoms with Crippen LogP contribution in [0.3, 0.4) is 0 Å². The number of anilines is 3. The lowest BCUT2D eigenvalue weighted by Gasteiger charge is -2.08. The topological polar surface area (TPSA) is 24.1 Å². The third-order valence-corrected chi connectivity index (χ3v) is 3.04. The van der Waals surface area contributed by atoms with Gasteiger partial charge in [0.15, 0.2) is 0 Å². The molecule has 0 atom stereocenters. The Morgan fingerprint density at radius 1 is 0.882 bits per heavy atom. The lowest BCUT2D eigenvalue weighted by Crippen LogP contribution is -1.92. The predicted molar refractivity (Wildman–Crippen MR) is 75.5 cm³/mol. The van der Waals surface area contributed by atoms with Gasteiger partial charge in [-0.05, 0) is 48.9 Å². The van der Waals surface area contributed by atoms with Crippen LogP contribution in [0.1, 0.15) is 5.56 Å².